The predicted octanol–water partition coefficient (Wildman–Crippen LogP) is 4.11. The van der Waals surface area contributed by atoms with E-state index in [4.69, 9.17) is 11.6 Å². The van der Waals surface area contributed by atoms with E-state index in [0.717, 1.165) is 18.4 Å². The fourth-order valence-electron chi connectivity index (χ4n) is 2.41. The fourth-order valence-corrected chi connectivity index (χ4v) is 3.51. The fraction of sp³-hybridized carbons (Fsp3) is 0.462. The molecule has 0 saturated heterocycles. The second kappa shape index (κ2) is 4.50. The summed E-state index contributed by atoms with van der Waals surface area (Å²) < 4.78 is 0. The Balaban J connectivity index is 2.41. The molecule has 0 bridgehead atoms. The highest BCUT2D eigenvalue weighted by Gasteiger charge is 2.51. The van der Waals surface area contributed by atoms with E-state index in [1.54, 1.807) is 0 Å². The molecule has 2 atom stereocenters. The van der Waals surface area contributed by atoms with Crippen LogP contribution >= 0.6 is 27.5 Å². The molecule has 2 unspecified atom stereocenters. The molecule has 0 aliphatic heterocycles. The van der Waals surface area contributed by atoms with Crippen LogP contribution < -0.4 is 0 Å². The van der Waals surface area contributed by atoms with E-state index in [1.165, 1.54) is 0 Å². The number of carbonyl (C=O) groups excluding carboxylic acids is 1. The van der Waals surface area contributed by atoms with Crippen molar-refractivity contribution in [3.63, 3.8) is 0 Å². The van der Waals surface area contributed by atoms with Gasteiger partial charge >= 0.3 is 0 Å². The van der Waals surface area contributed by atoms with Crippen molar-refractivity contribution in [1.82, 2.24) is 0 Å². The quantitative estimate of drug-likeness (QED) is 0.768. The lowest BCUT2D eigenvalue weighted by molar-refractivity contribution is -0.126. The van der Waals surface area contributed by atoms with E-state index in [2.05, 4.69) is 15.9 Å². The van der Waals surface area contributed by atoms with Gasteiger partial charge in [0, 0.05) is 16.3 Å². The van der Waals surface area contributed by atoms with Gasteiger partial charge in [0.1, 0.15) is 5.78 Å². The molecule has 16 heavy (non-hydrogen) atoms. The molecule has 86 valence electrons. The molecular weight excluding hydrogens is 287 g/mol. The summed E-state index contributed by atoms with van der Waals surface area (Å²) in [6.45, 7) is 1.93. The maximum absolute atomic E-state index is 12.1. The predicted molar refractivity (Wildman–Crippen MR) is 70.4 cm³/mol. The normalized spacial score (nSPS) is 28.6. The molecule has 0 amide bonds. The summed E-state index contributed by atoms with van der Waals surface area (Å²) >= 11 is 9.50. The SMILES string of the molecule is CCC(=O)C1(c2ccc(Cl)cc2)CCC1Br. The van der Waals surface area contributed by atoms with Gasteiger partial charge in [0.05, 0.1) is 5.41 Å². The average molecular weight is 302 g/mol. The second-order valence-electron chi connectivity index (χ2n) is 4.26. The molecule has 1 fully saturated rings. The molecule has 1 aromatic carbocycles. The van der Waals surface area contributed by atoms with Crippen molar-refractivity contribution >= 4 is 33.3 Å². The molecular formula is C13H14BrClO. The maximum Gasteiger partial charge on any atom is 0.144 e. The van der Waals surface area contributed by atoms with Crippen molar-refractivity contribution in [3.8, 4) is 0 Å². The zero-order valence-corrected chi connectivity index (χ0v) is 11.5. The van der Waals surface area contributed by atoms with Gasteiger partial charge in [-0.2, -0.15) is 0 Å². The third kappa shape index (κ3) is 1.72. The Morgan fingerprint density at radius 1 is 1.50 bits per heavy atom. The number of carbonyl (C=O) groups is 1. The Bertz CT molecular complexity index is 401. The highest BCUT2D eigenvalue weighted by atomic mass is 79.9. The standard InChI is InChI=1S/C13H14BrClO/c1-2-12(16)13(8-7-11(13)14)9-3-5-10(15)6-4-9/h3-6,11H,2,7-8H2,1H3. The van der Waals surface area contributed by atoms with Gasteiger partial charge < -0.3 is 0 Å². The van der Waals surface area contributed by atoms with Crippen molar-refractivity contribution in [2.75, 3.05) is 0 Å². The maximum atomic E-state index is 12.1. The molecule has 0 heterocycles. The third-order valence-corrected chi connectivity index (χ3v) is 5.00. The smallest absolute Gasteiger partial charge is 0.144 e. The molecule has 0 radical (unpaired) electrons. The van der Waals surface area contributed by atoms with Crippen molar-refractivity contribution in [2.45, 2.75) is 36.4 Å². The van der Waals surface area contributed by atoms with Crippen LogP contribution in [-0.4, -0.2) is 10.6 Å². The number of alkyl halides is 1. The Kier molecular flexibility index (Phi) is 3.41. The average Bonchev–Trinajstić information content (AvgIpc) is 2.30. The van der Waals surface area contributed by atoms with E-state index < -0.39 is 0 Å². The minimum atomic E-state index is -0.306. The minimum Gasteiger partial charge on any atom is -0.299 e. The van der Waals surface area contributed by atoms with Gasteiger partial charge in [0.25, 0.3) is 0 Å². The number of rotatable bonds is 3. The molecule has 2 rings (SSSR count). The van der Waals surface area contributed by atoms with Crippen LogP contribution in [0.3, 0.4) is 0 Å². The summed E-state index contributed by atoms with van der Waals surface area (Å²) in [7, 11) is 0. The largest absolute Gasteiger partial charge is 0.299 e. The van der Waals surface area contributed by atoms with E-state index >= 15 is 0 Å². The summed E-state index contributed by atoms with van der Waals surface area (Å²) in [6.07, 6.45) is 2.59. The van der Waals surface area contributed by atoms with Gasteiger partial charge in [-0.3, -0.25) is 4.79 Å². The zero-order valence-electron chi connectivity index (χ0n) is 9.17. The first-order valence-electron chi connectivity index (χ1n) is 5.54. The Morgan fingerprint density at radius 2 is 2.12 bits per heavy atom. The highest BCUT2D eigenvalue weighted by Crippen LogP contribution is 2.49. The van der Waals surface area contributed by atoms with Crippen LogP contribution in [0.4, 0.5) is 0 Å². The molecule has 1 aliphatic carbocycles. The molecule has 1 nitrogen and oxygen atoms in total. The Labute approximate surface area is 109 Å². The zero-order chi connectivity index (χ0) is 11.8. The number of Topliss-reactive ketones (excluding diaryl/α,β-unsaturated/α-hetero) is 1. The third-order valence-electron chi connectivity index (χ3n) is 3.50. The van der Waals surface area contributed by atoms with Gasteiger partial charge in [-0.1, -0.05) is 46.6 Å². The first kappa shape index (κ1) is 12.1. The van der Waals surface area contributed by atoms with Crippen LogP contribution in [-0.2, 0) is 10.2 Å². The summed E-state index contributed by atoms with van der Waals surface area (Å²) in [4.78, 5) is 12.4. The first-order chi connectivity index (χ1) is 7.61. The molecule has 0 spiro atoms. The van der Waals surface area contributed by atoms with Crippen molar-refractivity contribution in [2.24, 2.45) is 0 Å². The molecule has 3 heteroatoms. The number of hydrogen-bond acceptors (Lipinski definition) is 1. The highest BCUT2D eigenvalue weighted by molar-refractivity contribution is 9.09. The minimum absolute atomic E-state index is 0.272. The van der Waals surface area contributed by atoms with Gasteiger partial charge in [0.2, 0.25) is 0 Å². The molecule has 1 aromatic rings. The van der Waals surface area contributed by atoms with E-state index in [0.29, 0.717) is 17.2 Å². The Morgan fingerprint density at radius 3 is 2.50 bits per heavy atom. The van der Waals surface area contributed by atoms with Crippen LogP contribution in [0.15, 0.2) is 24.3 Å². The van der Waals surface area contributed by atoms with Crippen LogP contribution in [0, 0.1) is 0 Å². The van der Waals surface area contributed by atoms with Gasteiger partial charge in [-0.05, 0) is 30.5 Å². The lowest BCUT2D eigenvalue weighted by Gasteiger charge is -2.46. The van der Waals surface area contributed by atoms with Crippen molar-refractivity contribution < 1.29 is 4.79 Å². The van der Waals surface area contributed by atoms with E-state index in [-0.39, 0.29) is 10.2 Å². The van der Waals surface area contributed by atoms with Crippen LogP contribution in [0.1, 0.15) is 31.7 Å². The number of ketones is 1. The summed E-state index contributed by atoms with van der Waals surface area (Å²) in [5.74, 6) is 0.322. The molecule has 1 aliphatic rings. The van der Waals surface area contributed by atoms with E-state index in [1.807, 2.05) is 31.2 Å². The van der Waals surface area contributed by atoms with Crippen molar-refractivity contribution in [3.05, 3.63) is 34.9 Å². The van der Waals surface area contributed by atoms with Gasteiger partial charge in [-0.25, -0.2) is 0 Å². The summed E-state index contributed by atoms with van der Waals surface area (Å²) in [5.41, 5.74) is 0.788. The monoisotopic (exact) mass is 300 g/mol. The number of hydrogen-bond donors (Lipinski definition) is 0. The lowest BCUT2D eigenvalue weighted by Crippen LogP contribution is -2.51. The molecule has 0 aromatic heterocycles. The second-order valence-corrected chi connectivity index (χ2v) is 5.80. The van der Waals surface area contributed by atoms with E-state index in [9.17, 15) is 4.79 Å². The number of halogens is 2. The topological polar surface area (TPSA) is 17.1 Å². The number of benzene rings is 1. The van der Waals surface area contributed by atoms with Crippen LogP contribution in [0.2, 0.25) is 5.02 Å². The summed E-state index contributed by atoms with van der Waals surface area (Å²) in [6, 6.07) is 7.67. The van der Waals surface area contributed by atoms with Gasteiger partial charge in [0.15, 0.2) is 0 Å². The van der Waals surface area contributed by atoms with Crippen LogP contribution in [0.25, 0.3) is 0 Å². The lowest BCUT2D eigenvalue weighted by atomic mass is 9.61. The van der Waals surface area contributed by atoms with Crippen molar-refractivity contribution in [1.29, 1.82) is 0 Å². The van der Waals surface area contributed by atoms with Gasteiger partial charge in [-0.15, -0.1) is 0 Å². The van der Waals surface area contributed by atoms with Crippen LogP contribution in [0.5, 0.6) is 0 Å². The molecule has 1 saturated carbocycles. The first-order valence-corrected chi connectivity index (χ1v) is 6.84. The molecule has 0 N–H and O–H groups in total. The summed E-state index contributed by atoms with van der Waals surface area (Å²) in [5, 5.41) is 0.716. The Hall–Kier alpha value is -0.340.